The van der Waals surface area contributed by atoms with E-state index in [9.17, 15) is 4.79 Å². The first kappa shape index (κ1) is 13.4. The van der Waals surface area contributed by atoms with Crippen LogP contribution in [-0.2, 0) is 4.79 Å². The van der Waals surface area contributed by atoms with E-state index in [0.29, 0.717) is 5.92 Å². The van der Waals surface area contributed by atoms with E-state index in [4.69, 9.17) is 0 Å². The van der Waals surface area contributed by atoms with Crippen molar-refractivity contribution in [3.63, 3.8) is 0 Å². The van der Waals surface area contributed by atoms with Crippen LogP contribution in [0.15, 0.2) is 29.2 Å². The summed E-state index contributed by atoms with van der Waals surface area (Å²) in [5, 5.41) is 6.30. The molecule has 3 nitrogen and oxygen atoms in total. The molecule has 98 valence electrons. The van der Waals surface area contributed by atoms with Gasteiger partial charge in [0.2, 0.25) is 5.91 Å². The van der Waals surface area contributed by atoms with Gasteiger partial charge in [-0.15, -0.1) is 11.8 Å². The van der Waals surface area contributed by atoms with Gasteiger partial charge in [0, 0.05) is 4.90 Å². The average molecular weight is 264 g/mol. The third-order valence-electron chi connectivity index (χ3n) is 3.26. The van der Waals surface area contributed by atoms with Crippen LogP contribution in [0, 0.1) is 5.92 Å². The number of amides is 1. The van der Waals surface area contributed by atoms with Crippen molar-refractivity contribution in [1.82, 2.24) is 5.32 Å². The van der Waals surface area contributed by atoms with Crippen molar-refractivity contribution in [2.24, 2.45) is 5.92 Å². The van der Waals surface area contributed by atoms with Gasteiger partial charge in [-0.2, -0.15) is 0 Å². The minimum absolute atomic E-state index is 0.0512. The summed E-state index contributed by atoms with van der Waals surface area (Å²) in [4.78, 5) is 13.3. The lowest BCUT2D eigenvalue weighted by atomic mass is 10.0. The minimum atomic E-state index is -0.0512. The number of hydrogen-bond donors (Lipinski definition) is 2. The van der Waals surface area contributed by atoms with Crippen LogP contribution in [0.2, 0.25) is 0 Å². The van der Waals surface area contributed by atoms with Gasteiger partial charge in [-0.3, -0.25) is 4.79 Å². The SMILES string of the molecule is CCSc1ccccc1NC(=O)C1NCCC1C. The summed E-state index contributed by atoms with van der Waals surface area (Å²) in [6, 6.07) is 7.93. The van der Waals surface area contributed by atoms with Crippen LogP contribution < -0.4 is 10.6 Å². The van der Waals surface area contributed by atoms with Crippen LogP contribution in [0.5, 0.6) is 0 Å². The van der Waals surface area contributed by atoms with Crippen molar-refractivity contribution in [1.29, 1.82) is 0 Å². The molecule has 0 spiro atoms. The molecule has 2 N–H and O–H groups in total. The maximum atomic E-state index is 12.2. The third-order valence-corrected chi connectivity index (χ3v) is 4.22. The predicted octanol–water partition coefficient (Wildman–Crippen LogP) is 2.74. The van der Waals surface area contributed by atoms with Crippen LogP contribution >= 0.6 is 11.8 Å². The van der Waals surface area contributed by atoms with Gasteiger partial charge in [-0.05, 0) is 36.8 Å². The topological polar surface area (TPSA) is 41.1 Å². The van der Waals surface area contributed by atoms with Crippen molar-refractivity contribution in [2.75, 3.05) is 17.6 Å². The van der Waals surface area contributed by atoms with Crippen LogP contribution in [0.3, 0.4) is 0 Å². The van der Waals surface area contributed by atoms with Crippen molar-refractivity contribution < 1.29 is 4.79 Å². The molecule has 1 saturated heterocycles. The molecule has 1 fully saturated rings. The largest absolute Gasteiger partial charge is 0.324 e. The maximum absolute atomic E-state index is 12.2. The molecule has 2 unspecified atom stereocenters. The maximum Gasteiger partial charge on any atom is 0.241 e. The first-order valence-corrected chi connectivity index (χ1v) is 7.47. The van der Waals surface area contributed by atoms with Gasteiger partial charge in [0.05, 0.1) is 11.7 Å². The van der Waals surface area contributed by atoms with Crippen molar-refractivity contribution in [2.45, 2.75) is 31.2 Å². The number of para-hydroxylation sites is 1. The molecular weight excluding hydrogens is 244 g/mol. The summed E-state index contributed by atoms with van der Waals surface area (Å²) >= 11 is 1.75. The van der Waals surface area contributed by atoms with E-state index in [1.165, 1.54) is 0 Å². The fraction of sp³-hybridized carbons (Fsp3) is 0.500. The minimum Gasteiger partial charge on any atom is -0.324 e. The summed E-state index contributed by atoms with van der Waals surface area (Å²) in [5.74, 6) is 1.51. The number of anilines is 1. The van der Waals surface area contributed by atoms with Crippen LogP contribution in [0.1, 0.15) is 20.3 Å². The van der Waals surface area contributed by atoms with E-state index in [1.807, 2.05) is 18.2 Å². The summed E-state index contributed by atoms with van der Waals surface area (Å²) in [6.07, 6.45) is 1.07. The third kappa shape index (κ3) is 3.06. The van der Waals surface area contributed by atoms with Crippen LogP contribution in [0.25, 0.3) is 0 Å². The van der Waals surface area contributed by atoms with Gasteiger partial charge in [-0.1, -0.05) is 26.0 Å². The highest BCUT2D eigenvalue weighted by molar-refractivity contribution is 7.99. The molecule has 18 heavy (non-hydrogen) atoms. The fourth-order valence-electron chi connectivity index (χ4n) is 2.25. The highest BCUT2D eigenvalue weighted by atomic mass is 32.2. The second-order valence-corrected chi connectivity index (χ2v) is 5.92. The number of rotatable bonds is 4. The normalized spacial score (nSPS) is 23.0. The van der Waals surface area contributed by atoms with Gasteiger partial charge in [0.1, 0.15) is 0 Å². The van der Waals surface area contributed by atoms with E-state index in [1.54, 1.807) is 11.8 Å². The van der Waals surface area contributed by atoms with E-state index < -0.39 is 0 Å². The molecule has 0 aromatic heterocycles. The highest BCUT2D eigenvalue weighted by Crippen LogP contribution is 2.27. The van der Waals surface area contributed by atoms with Gasteiger partial charge in [0.15, 0.2) is 0 Å². The second kappa shape index (κ2) is 6.25. The Labute approximate surface area is 113 Å². The van der Waals surface area contributed by atoms with Crippen LogP contribution in [0.4, 0.5) is 5.69 Å². The lowest BCUT2D eigenvalue weighted by Gasteiger charge is -2.17. The predicted molar refractivity (Wildman–Crippen MR) is 77.0 cm³/mol. The van der Waals surface area contributed by atoms with Gasteiger partial charge in [-0.25, -0.2) is 0 Å². The molecule has 1 aliphatic rings. The molecule has 0 bridgehead atoms. The Morgan fingerprint density at radius 2 is 2.28 bits per heavy atom. The van der Waals surface area contributed by atoms with Crippen molar-refractivity contribution in [3.05, 3.63) is 24.3 Å². The van der Waals surface area contributed by atoms with Gasteiger partial charge in [0.25, 0.3) is 0 Å². The molecule has 2 rings (SSSR count). The molecule has 0 aliphatic carbocycles. The molecule has 0 saturated carbocycles. The van der Waals surface area contributed by atoms with Gasteiger partial charge >= 0.3 is 0 Å². The Bertz CT molecular complexity index is 422. The van der Waals surface area contributed by atoms with E-state index in [2.05, 4.69) is 30.5 Å². The zero-order valence-electron chi connectivity index (χ0n) is 10.9. The first-order valence-electron chi connectivity index (χ1n) is 6.48. The lowest BCUT2D eigenvalue weighted by Crippen LogP contribution is -2.39. The Hall–Kier alpha value is -1.00. The molecule has 1 heterocycles. The number of carbonyl (C=O) groups is 1. The van der Waals surface area contributed by atoms with E-state index in [0.717, 1.165) is 29.3 Å². The monoisotopic (exact) mass is 264 g/mol. The molecule has 4 heteroatoms. The molecule has 0 radical (unpaired) electrons. The Morgan fingerprint density at radius 1 is 1.50 bits per heavy atom. The number of benzene rings is 1. The van der Waals surface area contributed by atoms with E-state index >= 15 is 0 Å². The molecule has 1 aliphatic heterocycles. The second-order valence-electron chi connectivity index (χ2n) is 4.62. The van der Waals surface area contributed by atoms with Crippen molar-refractivity contribution in [3.8, 4) is 0 Å². The number of carbonyl (C=O) groups excluding carboxylic acids is 1. The highest BCUT2D eigenvalue weighted by Gasteiger charge is 2.29. The van der Waals surface area contributed by atoms with Gasteiger partial charge < -0.3 is 10.6 Å². The standard InChI is InChI=1S/C14H20N2OS/c1-3-18-12-7-5-4-6-11(12)16-14(17)13-10(2)8-9-15-13/h4-7,10,13,15H,3,8-9H2,1-2H3,(H,16,17). The molecule has 1 aromatic carbocycles. The molecule has 1 aromatic rings. The zero-order chi connectivity index (χ0) is 13.0. The van der Waals surface area contributed by atoms with Crippen LogP contribution in [-0.4, -0.2) is 24.2 Å². The fourth-order valence-corrected chi connectivity index (χ4v) is 3.01. The number of hydrogen-bond acceptors (Lipinski definition) is 3. The summed E-state index contributed by atoms with van der Waals surface area (Å²) in [7, 11) is 0. The summed E-state index contributed by atoms with van der Waals surface area (Å²) in [5.41, 5.74) is 0.926. The Balaban J connectivity index is 2.06. The molecule has 2 atom stereocenters. The number of thioether (sulfide) groups is 1. The molecular formula is C14H20N2OS. The smallest absolute Gasteiger partial charge is 0.241 e. The quantitative estimate of drug-likeness (QED) is 0.822. The lowest BCUT2D eigenvalue weighted by molar-refractivity contribution is -0.118. The first-order chi connectivity index (χ1) is 8.72. The van der Waals surface area contributed by atoms with Crippen molar-refractivity contribution >= 4 is 23.4 Å². The zero-order valence-corrected chi connectivity index (χ0v) is 11.7. The summed E-state index contributed by atoms with van der Waals surface area (Å²) in [6.45, 7) is 5.17. The number of nitrogens with one attached hydrogen (secondary N) is 2. The molecule has 1 amide bonds. The summed E-state index contributed by atoms with van der Waals surface area (Å²) < 4.78 is 0. The Kier molecular flexibility index (Phi) is 4.66. The average Bonchev–Trinajstić information content (AvgIpc) is 2.78. The van der Waals surface area contributed by atoms with E-state index in [-0.39, 0.29) is 11.9 Å². The Morgan fingerprint density at radius 3 is 2.94 bits per heavy atom.